The summed E-state index contributed by atoms with van der Waals surface area (Å²) in [6.07, 6.45) is 5.67. The van der Waals surface area contributed by atoms with Crippen LogP contribution in [0.2, 0.25) is 0 Å². The van der Waals surface area contributed by atoms with Crippen molar-refractivity contribution in [2.24, 2.45) is 4.99 Å². The monoisotopic (exact) mass is 345 g/mol. The van der Waals surface area contributed by atoms with Gasteiger partial charge in [-0.05, 0) is 44.5 Å². The van der Waals surface area contributed by atoms with Crippen LogP contribution in [0.25, 0.3) is 6.08 Å². The van der Waals surface area contributed by atoms with Gasteiger partial charge in [0.25, 0.3) is 0 Å². The number of carbonyl (C=O) groups is 1. The van der Waals surface area contributed by atoms with Crippen molar-refractivity contribution in [3.05, 3.63) is 64.1 Å². The molecule has 5 nitrogen and oxygen atoms in total. The smallest absolute Gasteiger partial charge is 0.161 e. The number of carbonyl (C=O) groups excluding carboxylic acids is 1. The number of aromatic nitrogens is 2. The molecular formula is C18H20ClN3O2. The highest BCUT2D eigenvalue weighted by Gasteiger charge is 2.19. The molecule has 24 heavy (non-hydrogen) atoms. The number of allylic oxidation sites excluding steroid dienone is 1. The zero-order chi connectivity index (χ0) is 16.6. The SMILES string of the molecule is COC1=CC(c2ccc[nH]2)=NC1=Cc1[nH]c(C)c(C(C)=O)c1C.Cl. The van der Waals surface area contributed by atoms with Crippen LogP contribution in [-0.2, 0) is 4.74 Å². The molecule has 0 saturated carbocycles. The van der Waals surface area contributed by atoms with Crippen molar-refractivity contribution in [2.45, 2.75) is 20.8 Å². The molecule has 0 aliphatic carbocycles. The van der Waals surface area contributed by atoms with Gasteiger partial charge in [0.1, 0.15) is 11.5 Å². The predicted molar refractivity (Wildman–Crippen MR) is 97.9 cm³/mol. The standard InChI is InChI=1S/C18H19N3O2.ClH/c1-10-14(20-11(2)18(10)12(3)22)8-16-17(23-4)9-15(21-16)13-6-5-7-19-13;/h5-9,19-20H,1-4H3;1H. The summed E-state index contributed by atoms with van der Waals surface area (Å²) in [6, 6.07) is 3.89. The second kappa shape index (κ2) is 6.93. The van der Waals surface area contributed by atoms with Crippen molar-refractivity contribution < 1.29 is 9.53 Å². The van der Waals surface area contributed by atoms with Crippen LogP contribution in [0.4, 0.5) is 0 Å². The summed E-state index contributed by atoms with van der Waals surface area (Å²) in [5.74, 6) is 0.760. The molecule has 1 aliphatic heterocycles. The highest BCUT2D eigenvalue weighted by atomic mass is 35.5. The Morgan fingerprint density at radius 1 is 1.33 bits per heavy atom. The van der Waals surface area contributed by atoms with Crippen LogP contribution in [0.3, 0.4) is 0 Å². The first-order valence-electron chi connectivity index (χ1n) is 7.41. The van der Waals surface area contributed by atoms with Gasteiger partial charge in [0.15, 0.2) is 5.78 Å². The van der Waals surface area contributed by atoms with Gasteiger partial charge >= 0.3 is 0 Å². The minimum absolute atomic E-state index is 0. The van der Waals surface area contributed by atoms with Gasteiger partial charge in [-0.25, -0.2) is 4.99 Å². The maximum Gasteiger partial charge on any atom is 0.161 e. The second-order valence-electron chi connectivity index (χ2n) is 5.54. The number of aromatic amines is 2. The maximum absolute atomic E-state index is 11.8. The first-order valence-corrected chi connectivity index (χ1v) is 7.41. The Bertz CT molecular complexity index is 855. The molecule has 0 saturated heterocycles. The van der Waals surface area contributed by atoms with E-state index in [-0.39, 0.29) is 18.2 Å². The quantitative estimate of drug-likeness (QED) is 0.823. The molecule has 6 heteroatoms. The Labute approximate surface area is 146 Å². The lowest BCUT2D eigenvalue weighted by molar-refractivity contribution is 0.101. The fraction of sp³-hybridized carbons (Fsp3) is 0.222. The Hall–Kier alpha value is -2.53. The average Bonchev–Trinajstić information content (AvgIpc) is 3.19. The summed E-state index contributed by atoms with van der Waals surface area (Å²) in [5.41, 5.74) is 5.92. The van der Waals surface area contributed by atoms with E-state index in [1.807, 2.05) is 44.3 Å². The number of hydrogen-bond acceptors (Lipinski definition) is 3. The van der Waals surface area contributed by atoms with E-state index in [2.05, 4.69) is 15.0 Å². The number of methoxy groups -OCH3 is 1. The van der Waals surface area contributed by atoms with Crippen LogP contribution in [0.15, 0.2) is 40.9 Å². The first kappa shape index (κ1) is 17.8. The molecule has 0 spiro atoms. The van der Waals surface area contributed by atoms with Gasteiger partial charge in [-0.2, -0.15) is 0 Å². The lowest BCUT2D eigenvalue weighted by atomic mass is 10.1. The third-order valence-electron chi connectivity index (χ3n) is 3.96. The summed E-state index contributed by atoms with van der Waals surface area (Å²) in [6.45, 7) is 5.42. The van der Waals surface area contributed by atoms with Gasteiger partial charge in [-0.1, -0.05) is 0 Å². The molecule has 0 fully saturated rings. The van der Waals surface area contributed by atoms with Crippen molar-refractivity contribution in [1.29, 1.82) is 0 Å². The topological polar surface area (TPSA) is 70.2 Å². The van der Waals surface area contributed by atoms with E-state index in [0.717, 1.165) is 39.6 Å². The molecule has 0 unspecified atom stereocenters. The van der Waals surface area contributed by atoms with Gasteiger partial charge in [0.2, 0.25) is 0 Å². The van der Waals surface area contributed by atoms with Crippen molar-refractivity contribution in [3.8, 4) is 0 Å². The number of hydrogen-bond donors (Lipinski definition) is 2. The van der Waals surface area contributed by atoms with Crippen molar-refractivity contribution in [3.63, 3.8) is 0 Å². The van der Waals surface area contributed by atoms with E-state index in [0.29, 0.717) is 5.76 Å². The summed E-state index contributed by atoms with van der Waals surface area (Å²) in [7, 11) is 1.63. The molecule has 1 aliphatic rings. The van der Waals surface area contributed by atoms with Crippen LogP contribution < -0.4 is 0 Å². The molecule has 0 bridgehead atoms. The summed E-state index contributed by atoms with van der Waals surface area (Å²) < 4.78 is 5.43. The van der Waals surface area contributed by atoms with E-state index < -0.39 is 0 Å². The van der Waals surface area contributed by atoms with Crippen LogP contribution >= 0.6 is 12.4 Å². The Morgan fingerprint density at radius 2 is 2.08 bits per heavy atom. The van der Waals surface area contributed by atoms with E-state index in [4.69, 9.17) is 4.74 Å². The van der Waals surface area contributed by atoms with Crippen molar-refractivity contribution in [2.75, 3.05) is 7.11 Å². The van der Waals surface area contributed by atoms with Gasteiger partial charge in [-0.15, -0.1) is 12.4 Å². The number of H-pyrrole nitrogens is 2. The molecule has 2 aromatic rings. The van der Waals surface area contributed by atoms with E-state index >= 15 is 0 Å². The molecule has 0 aromatic carbocycles. The van der Waals surface area contributed by atoms with E-state index in [1.54, 1.807) is 14.0 Å². The maximum atomic E-state index is 11.8. The highest BCUT2D eigenvalue weighted by molar-refractivity contribution is 6.11. The molecule has 126 valence electrons. The molecule has 0 amide bonds. The number of rotatable bonds is 4. The summed E-state index contributed by atoms with van der Waals surface area (Å²) >= 11 is 0. The predicted octanol–water partition coefficient (Wildman–Crippen LogP) is 3.96. The minimum Gasteiger partial charge on any atom is -0.494 e. The first-order chi connectivity index (χ1) is 11.0. The molecular weight excluding hydrogens is 326 g/mol. The third-order valence-corrected chi connectivity index (χ3v) is 3.96. The minimum atomic E-state index is 0. The molecule has 2 aromatic heterocycles. The number of ether oxygens (including phenoxy) is 1. The van der Waals surface area contributed by atoms with Crippen LogP contribution in [0, 0.1) is 13.8 Å². The summed E-state index contributed by atoms with van der Waals surface area (Å²) in [5, 5.41) is 0. The molecule has 3 heterocycles. The second-order valence-corrected chi connectivity index (χ2v) is 5.54. The number of nitrogens with one attached hydrogen (secondary N) is 2. The fourth-order valence-corrected chi connectivity index (χ4v) is 2.89. The zero-order valence-electron chi connectivity index (χ0n) is 14.1. The Kier molecular flexibility index (Phi) is 5.14. The Balaban J connectivity index is 0.00000208. The summed E-state index contributed by atoms with van der Waals surface area (Å²) in [4.78, 5) is 22.8. The number of aliphatic imine (C=N–C) groups is 1. The molecule has 2 N–H and O–H groups in total. The lowest BCUT2D eigenvalue weighted by Crippen LogP contribution is -1.94. The van der Waals surface area contributed by atoms with Gasteiger partial charge in [-0.3, -0.25) is 4.79 Å². The third kappa shape index (κ3) is 3.08. The van der Waals surface area contributed by atoms with Crippen molar-refractivity contribution >= 4 is 30.0 Å². The number of halogens is 1. The van der Waals surface area contributed by atoms with Crippen LogP contribution in [0.1, 0.15) is 39.9 Å². The average molecular weight is 346 g/mol. The number of aryl methyl sites for hydroxylation is 1. The lowest BCUT2D eigenvalue weighted by Gasteiger charge is -2.01. The van der Waals surface area contributed by atoms with Crippen molar-refractivity contribution in [1.82, 2.24) is 9.97 Å². The largest absolute Gasteiger partial charge is 0.494 e. The van der Waals surface area contributed by atoms with Crippen LogP contribution in [0.5, 0.6) is 0 Å². The van der Waals surface area contributed by atoms with Crippen LogP contribution in [-0.4, -0.2) is 28.6 Å². The number of nitrogens with zero attached hydrogens (tertiary/aromatic N) is 1. The molecule has 3 rings (SSSR count). The molecule has 0 radical (unpaired) electrons. The van der Waals surface area contributed by atoms with E-state index in [1.165, 1.54) is 0 Å². The molecule has 0 atom stereocenters. The zero-order valence-corrected chi connectivity index (χ0v) is 14.9. The van der Waals surface area contributed by atoms with Gasteiger partial charge in [0, 0.05) is 29.2 Å². The highest BCUT2D eigenvalue weighted by Crippen LogP contribution is 2.27. The number of ketones is 1. The van der Waals surface area contributed by atoms with Gasteiger partial charge < -0.3 is 14.7 Å². The Morgan fingerprint density at radius 3 is 2.62 bits per heavy atom. The van der Waals surface area contributed by atoms with Gasteiger partial charge in [0.05, 0.1) is 18.5 Å². The fourth-order valence-electron chi connectivity index (χ4n) is 2.89. The normalized spacial score (nSPS) is 15.1. The number of Topliss-reactive ketones (excluding diaryl/α,β-unsaturated/α-hetero) is 1. The van der Waals surface area contributed by atoms with E-state index in [9.17, 15) is 4.79 Å².